The van der Waals surface area contributed by atoms with Crippen LogP contribution in [0.15, 0.2) is 42.5 Å². The number of nitrogens with zero attached hydrogens (tertiary/aromatic N) is 2. The molecule has 0 radical (unpaired) electrons. The molecule has 0 unspecified atom stereocenters. The first kappa shape index (κ1) is 22.5. The van der Waals surface area contributed by atoms with Gasteiger partial charge in [-0.1, -0.05) is 18.2 Å². The normalized spacial score (nSPS) is 21.2. The number of ether oxygens (including phenoxy) is 1. The molecule has 5 nitrogen and oxygen atoms in total. The highest BCUT2D eigenvalue weighted by atomic mass is 19.1. The summed E-state index contributed by atoms with van der Waals surface area (Å²) in [6.07, 6.45) is 1.64. The van der Waals surface area contributed by atoms with Gasteiger partial charge in [-0.25, -0.2) is 18.0 Å². The molecule has 1 N–H and O–H groups in total. The van der Waals surface area contributed by atoms with Crippen molar-refractivity contribution in [1.82, 2.24) is 15.1 Å². The van der Waals surface area contributed by atoms with E-state index in [0.717, 1.165) is 36.3 Å². The van der Waals surface area contributed by atoms with E-state index >= 15 is 0 Å². The maximum absolute atomic E-state index is 14.9. The average molecular weight is 448 g/mol. The smallest absolute Gasteiger partial charge is 0.318 e. The Bertz CT molecular complexity index is 937. The zero-order chi connectivity index (χ0) is 22.7. The molecule has 2 aromatic rings. The second kappa shape index (κ2) is 9.81. The van der Waals surface area contributed by atoms with Crippen molar-refractivity contribution in [3.8, 4) is 5.75 Å². The van der Waals surface area contributed by atoms with E-state index < -0.39 is 29.9 Å². The lowest BCUT2D eigenvalue weighted by molar-refractivity contribution is 0.0567. The Morgan fingerprint density at radius 1 is 1.16 bits per heavy atom. The lowest BCUT2D eigenvalue weighted by atomic mass is 10.0. The molecule has 2 aromatic carbocycles. The fourth-order valence-electron chi connectivity index (χ4n) is 3.91. The molecule has 1 heterocycles. The Morgan fingerprint density at radius 3 is 2.56 bits per heavy atom. The number of carbonyl (C=O) groups excluding carboxylic acids is 1. The van der Waals surface area contributed by atoms with Gasteiger partial charge in [-0.3, -0.25) is 0 Å². The maximum Gasteiger partial charge on any atom is 0.318 e. The molecule has 1 saturated carbocycles. The molecule has 2 fully saturated rings. The van der Waals surface area contributed by atoms with Crippen LogP contribution in [-0.4, -0.2) is 54.3 Å². The van der Waals surface area contributed by atoms with E-state index in [4.69, 9.17) is 4.74 Å². The van der Waals surface area contributed by atoms with Crippen molar-refractivity contribution in [2.75, 3.05) is 20.1 Å². The number of nitrogens with one attached hydrogen (secondary N) is 1. The number of alkyl halides is 1. The van der Waals surface area contributed by atoms with Crippen LogP contribution >= 0.6 is 0 Å². The molecular formula is C24H28F3N3O2. The van der Waals surface area contributed by atoms with E-state index in [0.29, 0.717) is 19.1 Å². The van der Waals surface area contributed by atoms with Gasteiger partial charge in [0.2, 0.25) is 0 Å². The van der Waals surface area contributed by atoms with Crippen molar-refractivity contribution < 1.29 is 22.7 Å². The Balaban J connectivity index is 1.44. The number of urea groups is 1. The second-order valence-electron chi connectivity index (χ2n) is 8.62. The van der Waals surface area contributed by atoms with Gasteiger partial charge in [0.25, 0.3) is 0 Å². The van der Waals surface area contributed by atoms with Crippen molar-refractivity contribution in [2.45, 2.75) is 50.7 Å². The van der Waals surface area contributed by atoms with E-state index in [1.807, 2.05) is 36.2 Å². The van der Waals surface area contributed by atoms with Gasteiger partial charge in [0.15, 0.2) is 0 Å². The Kier molecular flexibility index (Phi) is 6.89. The summed E-state index contributed by atoms with van der Waals surface area (Å²) in [5.74, 6) is -0.654. The van der Waals surface area contributed by atoms with E-state index in [9.17, 15) is 18.0 Å². The fraction of sp³-hybridized carbons (Fsp3) is 0.458. The predicted octanol–water partition coefficient (Wildman–Crippen LogP) is 4.26. The number of piperidine rings is 1. The molecule has 2 atom stereocenters. The Labute approximate surface area is 186 Å². The fourth-order valence-corrected chi connectivity index (χ4v) is 3.91. The first-order valence-electron chi connectivity index (χ1n) is 11.0. The summed E-state index contributed by atoms with van der Waals surface area (Å²) in [5, 5.41) is 2.82. The molecule has 8 heteroatoms. The SMILES string of the molecule is CN1CC[C@H](N(Cc2ccc(F)cc2F)C(=O)NCc2ccc(OC3CC3)cc2)[C@H](F)C1. The molecule has 4 rings (SSSR count). The van der Waals surface area contributed by atoms with Crippen LogP contribution in [0.5, 0.6) is 5.75 Å². The molecular weight excluding hydrogens is 419 g/mol. The third kappa shape index (κ3) is 5.73. The van der Waals surface area contributed by atoms with Crippen molar-refractivity contribution >= 4 is 6.03 Å². The van der Waals surface area contributed by atoms with Gasteiger partial charge >= 0.3 is 6.03 Å². The quantitative estimate of drug-likeness (QED) is 0.690. The van der Waals surface area contributed by atoms with Crippen LogP contribution in [0.25, 0.3) is 0 Å². The van der Waals surface area contributed by atoms with Gasteiger partial charge < -0.3 is 19.9 Å². The third-order valence-electron chi connectivity index (χ3n) is 5.92. The lowest BCUT2D eigenvalue weighted by Crippen LogP contribution is -2.55. The number of rotatable bonds is 7. The van der Waals surface area contributed by atoms with Crippen LogP contribution < -0.4 is 10.1 Å². The van der Waals surface area contributed by atoms with E-state index in [1.54, 1.807) is 0 Å². The Hall–Kier alpha value is -2.74. The van der Waals surface area contributed by atoms with Gasteiger partial charge in [-0.15, -0.1) is 0 Å². The maximum atomic E-state index is 14.9. The van der Waals surface area contributed by atoms with Crippen LogP contribution in [0.1, 0.15) is 30.4 Å². The highest BCUT2D eigenvalue weighted by Crippen LogP contribution is 2.27. The minimum atomic E-state index is -1.26. The van der Waals surface area contributed by atoms with Gasteiger partial charge in [-0.2, -0.15) is 0 Å². The van der Waals surface area contributed by atoms with Gasteiger partial charge in [-0.05, 0) is 50.1 Å². The van der Waals surface area contributed by atoms with Crippen LogP contribution in [0.2, 0.25) is 0 Å². The molecule has 0 aromatic heterocycles. The van der Waals surface area contributed by atoms with Crippen molar-refractivity contribution in [3.05, 3.63) is 65.2 Å². The Morgan fingerprint density at radius 2 is 1.91 bits per heavy atom. The number of hydrogen-bond donors (Lipinski definition) is 1. The van der Waals surface area contributed by atoms with Crippen LogP contribution in [-0.2, 0) is 13.1 Å². The van der Waals surface area contributed by atoms with E-state index in [1.165, 1.54) is 11.0 Å². The largest absolute Gasteiger partial charge is 0.490 e. The van der Waals surface area contributed by atoms with Crippen LogP contribution in [0.3, 0.4) is 0 Å². The zero-order valence-corrected chi connectivity index (χ0v) is 18.1. The summed E-state index contributed by atoms with van der Waals surface area (Å²) in [6, 6.07) is 9.50. The molecule has 1 saturated heterocycles. The first-order chi connectivity index (χ1) is 15.4. The highest BCUT2D eigenvalue weighted by molar-refractivity contribution is 5.74. The summed E-state index contributed by atoms with van der Waals surface area (Å²) in [4.78, 5) is 16.3. The molecule has 0 bridgehead atoms. The number of benzene rings is 2. The van der Waals surface area contributed by atoms with Crippen LogP contribution in [0, 0.1) is 11.6 Å². The molecule has 172 valence electrons. The lowest BCUT2D eigenvalue weighted by Gasteiger charge is -2.39. The van der Waals surface area contributed by atoms with Gasteiger partial charge in [0.05, 0.1) is 18.7 Å². The second-order valence-corrected chi connectivity index (χ2v) is 8.62. The molecule has 2 amide bonds. The molecule has 0 spiro atoms. The zero-order valence-electron chi connectivity index (χ0n) is 18.1. The number of likely N-dealkylation sites (tertiary alicyclic amines) is 1. The molecule has 32 heavy (non-hydrogen) atoms. The molecule has 2 aliphatic rings. The van der Waals surface area contributed by atoms with Crippen LogP contribution in [0.4, 0.5) is 18.0 Å². The molecule has 1 aliphatic heterocycles. The minimum absolute atomic E-state index is 0.138. The van der Waals surface area contributed by atoms with E-state index in [-0.39, 0.29) is 25.2 Å². The standard InChI is InChI=1S/C24H28F3N3O2/c1-29-11-10-23(22(27)15-29)30(14-17-4-5-18(25)12-21(17)26)24(31)28-13-16-2-6-19(7-3-16)32-20-8-9-20/h2-7,12,20,22-23H,8-11,13-15H2,1H3,(H,28,31)/t22-,23+/m1/s1. The number of halogens is 3. The van der Waals surface area contributed by atoms with Gasteiger partial charge in [0.1, 0.15) is 23.6 Å². The molecule has 1 aliphatic carbocycles. The number of amides is 2. The number of hydrogen-bond acceptors (Lipinski definition) is 3. The summed E-state index contributed by atoms with van der Waals surface area (Å²) in [5.41, 5.74) is 1.02. The highest BCUT2D eigenvalue weighted by Gasteiger charge is 2.35. The van der Waals surface area contributed by atoms with Gasteiger partial charge in [0, 0.05) is 31.3 Å². The summed E-state index contributed by atoms with van der Waals surface area (Å²) in [7, 11) is 1.82. The van der Waals surface area contributed by atoms with Crippen molar-refractivity contribution in [3.63, 3.8) is 0 Å². The first-order valence-corrected chi connectivity index (χ1v) is 11.0. The monoisotopic (exact) mass is 447 g/mol. The summed E-state index contributed by atoms with van der Waals surface area (Å²) in [6.45, 7) is 0.932. The van der Waals surface area contributed by atoms with Crippen molar-refractivity contribution in [2.24, 2.45) is 0 Å². The van der Waals surface area contributed by atoms with Crippen molar-refractivity contribution in [1.29, 1.82) is 0 Å². The summed E-state index contributed by atoms with van der Waals surface area (Å²) < 4.78 is 48.2. The average Bonchev–Trinajstić information content (AvgIpc) is 3.57. The topological polar surface area (TPSA) is 44.8 Å². The minimum Gasteiger partial charge on any atom is -0.490 e. The van der Waals surface area contributed by atoms with E-state index in [2.05, 4.69) is 5.32 Å². The summed E-state index contributed by atoms with van der Waals surface area (Å²) >= 11 is 0. The predicted molar refractivity (Wildman–Crippen MR) is 115 cm³/mol. The third-order valence-corrected chi connectivity index (χ3v) is 5.92. The number of carbonyl (C=O) groups is 1.